The second kappa shape index (κ2) is 4.78. The Morgan fingerprint density at radius 3 is 3.08 bits per heavy atom. The Labute approximate surface area is 80.3 Å². The zero-order chi connectivity index (χ0) is 9.68. The SMILES string of the molecule is CCc1nc(CNC(=O)NN)cs1. The molecule has 0 fully saturated rings. The Balaban J connectivity index is 2.41. The Morgan fingerprint density at radius 1 is 1.77 bits per heavy atom. The summed E-state index contributed by atoms with van der Waals surface area (Å²) in [6.45, 7) is 2.46. The van der Waals surface area contributed by atoms with E-state index in [2.05, 4.69) is 10.3 Å². The highest BCUT2D eigenvalue weighted by molar-refractivity contribution is 7.09. The molecule has 0 aliphatic rings. The third-order valence-electron chi connectivity index (χ3n) is 1.46. The van der Waals surface area contributed by atoms with Crippen LogP contribution in [0, 0.1) is 0 Å². The highest BCUT2D eigenvalue weighted by Crippen LogP contribution is 2.09. The van der Waals surface area contributed by atoms with Gasteiger partial charge in [0.2, 0.25) is 0 Å². The summed E-state index contributed by atoms with van der Waals surface area (Å²) in [4.78, 5) is 15.0. The summed E-state index contributed by atoms with van der Waals surface area (Å²) in [5, 5.41) is 5.56. The van der Waals surface area contributed by atoms with E-state index in [1.165, 1.54) is 0 Å². The monoisotopic (exact) mass is 200 g/mol. The molecule has 2 amide bonds. The van der Waals surface area contributed by atoms with Crippen LogP contribution in [0.15, 0.2) is 5.38 Å². The molecular weight excluding hydrogens is 188 g/mol. The van der Waals surface area contributed by atoms with Crippen molar-refractivity contribution in [3.63, 3.8) is 0 Å². The van der Waals surface area contributed by atoms with E-state index in [-0.39, 0.29) is 0 Å². The molecule has 0 aromatic carbocycles. The number of nitrogens with one attached hydrogen (secondary N) is 2. The van der Waals surface area contributed by atoms with Crippen molar-refractivity contribution in [1.82, 2.24) is 15.7 Å². The summed E-state index contributed by atoms with van der Waals surface area (Å²) in [5.41, 5.74) is 2.85. The minimum Gasteiger partial charge on any atom is -0.331 e. The van der Waals surface area contributed by atoms with Crippen molar-refractivity contribution in [3.8, 4) is 0 Å². The molecule has 0 saturated heterocycles. The lowest BCUT2D eigenvalue weighted by Gasteiger charge is -2.00. The fourth-order valence-electron chi connectivity index (χ4n) is 0.814. The van der Waals surface area contributed by atoms with Crippen LogP contribution in [0.1, 0.15) is 17.6 Å². The summed E-state index contributed by atoms with van der Waals surface area (Å²) in [7, 11) is 0. The van der Waals surface area contributed by atoms with Crippen molar-refractivity contribution < 1.29 is 4.79 Å². The van der Waals surface area contributed by atoms with Crippen LogP contribution in [0.4, 0.5) is 4.79 Å². The van der Waals surface area contributed by atoms with Crippen molar-refractivity contribution in [2.75, 3.05) is 0 Å². The Hall–Kier alpha value is -1.14. The number of hydrogen-bond acceptors (Lipinski definition) is 4. The Morgan fingerprint density at radius 2 is 2.54 bits per heavy atom. The van der Waals surface area contributed by atoms with Crippen LogP contribution < -0.4 is 16.6 Å². The van der Waals surface area contributed by atoms with Gasteiger partial charge in [-0.15, -0.1) is 11.3 Å². The zero-order valence-corrected chi connectivity index (χ0v) is 8.15. The lowest BCUT2D eigenvalue weighted by molar-refractivity contribution is 0.240. The molecule has 0 saturated carbocycles. The molecule has 1 aromatic heterocycles. The fourth-order valence-corrected chi connectivity index (χ4v) is 1.56. The molecule has 72 valence electrons. The summed E-state index contributed by atoms with van der Waals surface area (Å²) in [5.74, 6) is 4.89. The number of aryl methyl sites for hydroxylation is 1. The maximum atomic E-state index is 10.7. The maximum absolute atomic E-state index is 10.7. The minimum atomic E-state index is -0.397. The second-order valence-electron chi connectivity index (χ2n) is 2.41. The lowest BCUT2D eigenvalue weighted by atomic mass is 10.4. The first-order chi connectivity index (χ1) is 6.26. The van der Waals surface area contributed by atoms with Gasteiger partial charge in [0.25, 0.3) is 0 Å². The van der Waals surface area contributed by atoms with Crippen molar-refractivity contribution in [3.05, 3.63) is 16.1 Å². The summed E-state index contributed by atoms with van der Waals surface area (Å²) in [6.07, 6.45) is 0.924. The number of hydrogen-bond donors (Lipinski definition) is 3. The van der Waals surface area contributed by atoms with E-state index < -0.39 is 6.03 Å². The third kappa shape index (κ3) is 3.00. The number of urea groups is 1. The smallest absolute Gasteiger partial charge is 0.329 e. The van der Waals surface area contributed by atoms with E-state index in [9.17, 15) is 4.79 Å². The first-order valence-corrected chi connectivity index (χ1v) is 4.82. The highest BCUT2D eigenvalue weighted by atomic mass is 32.1. The number of carbonyl (C=O) groups is 1. The number of nitrogens with zero attached hydrogens (tertiary/aromatic N) is 1. The largest absolute Gasteiger partial charge is 0.331 e. The quantitative estimate of drug-likeness (QED) is 0.375. The van der Waals surface area contributed by atoms with Gasteiger partial charge in [-0.1, -0.05) is 6.92 Å². The van der Waals surface area contributed by atoms with Crippen LogP contribution in [0.5, 0.6) is 0 Å². The molecule has 0 aliphatic carbocycles. The van der Waals surface area contributed by atoms with Crippen LogP contribution in [-0.4, -0.2) is 11.0 Å². The van der Waals surface area contributed by atoms with Crippen molar-refractivity contribution in [2.45, 2.75) is 19.9 Å². The predicted molar refractivity (Wildman–Crippen MR) is 51.1 cm³/mol. The van der Waals surface area contributed by atoms with E-state index >= 15 is 0 Å². The van der Waals surface area contributed by atoms with Gasteiger partial charge >= 0.3 is 6.03 Å². The lowest BCUT2D eigenvalue weighted by Crippen LogP contribution is -2.39. The van der Waals surface area contributed by atoms with E-state index in [4.69, 9.17) is 5.84 Å². The fraction of sp³-hybridized carbons (Fsp3) is 0.429. The summed E-state index contributed by atoms with van der Waals surface area (Å²) in [6, 6.07) is -0.397. The standard InChI is InChI=1S/C7H12N4OS/c1-2-6-10-5(4-13-6)3-9-7(12)11-8/h4H,2-3,8H2,1H3,(H2,9,11,12). The molecular formula is C7H12N4OS. The first-order valence-electron chi connectivity index (χ1n) is 3.94. The summed E-state index contributed by atoms with van der Waals surface area (Å²) >= 11 is 1.59. The van der Waals surface area contributed by atoms with Gasteiger partial charge in [0.1, 0.15) is 0 Å². The second-order valence-corrected chi connectivity index (χ2v) is 3.36. The van der Waals surface area contributed by atoms with Gasteiger partial charge in [0.05, 0.1) is 17.2 Å². The molecule has 1 rings (SSSR count). The van der Waals surface area contributed by atoms with Crippen LogP contribution in [-0.2, 0) is 13.0 Å². The van der Waals surface area contributed by atoms with Gasteiger partial charge in [-0.25, -0.2) is 15.6 Å². The third-order valence-corrected chi connectivity index (χ3v) is 2.50. The molecule has 0 aliphatic heterocycles. The van der Waals surface area contributed by atoms with Crippen molar-refractivity contribution in [1.29, 1.82) is 0 Å². The Bertz CT molecular complexity index is 286. The van der Waals surface area contributed by atoms with Gasteiger partial charge in [-0.2, -0.15) is 0 Å². The van der Waals surface area contributed by atoms with E-state index in [0.717, 1.165) is 17.1 Å². The first kappa shape index (κ1) is 9.94. The maximum Gasteiger partial charge on any atom is 0.329 e. The molecule has 4 N–H and O–H groups in total. The average molecular weight is 200 g/mol. The highest BCUT2D eigenvalue weighted by Gasteiger charge is 2.01. The van der Waals surface area contributed by atoms with Crippen LogP contribution in [0.2, 0.25) is 0 Å². The average Bonchev–Trinajstić information content (AvgIpc) is 2.61. The van der Waals surface area contributed by atoms with Crippen LogP contribution >= 0.6 is 11.3 Å². The predicted octanol–water partition coefficient (Wildman–Crippen LogP) is 0.378. The normalized spacial score (nSPS) is 9.69. The van der Waals surface area contributed by atoms with Crippen molar-refractivity contribution in [2.24, 2.45) is 5.84 Å². The topological polar surface area (TPSA) is 80.0 Å². The molecule has 13 heavy (non-hydrogen) atoms. The van der Waals surface area contributed by atoms with Gasteiger partial charge in [-0.3, -0.25) is 5.43 Å². The molecule has 0 atom stereocenters. The van der Waals surface area contributed by atoms with Gasteiger partial charge in [0.15, 0.2) is 0 Å². The molecule has 5 nitrogen and oxygen atoms in total. The van der Waals surface area contributed by atoms with Crippen LogP contribution in [0.3, 0.4) is 0 Å². The van der Waals surface area contributed by atoms with E-state index in [0.29, 0.717) is 6.54 Å². The van der Waals surface area contributed by atoms with Gasteiger partial charge in [0, 0.05) is 5.38 Å². The zero-order valence-electron chi connectivity index (χ0n) is 7.33. The molecule has 0 bridgehead atoms. The molecule has 0 spiro atoms. The Kier molecular flexibility index (Phi) is 3.66. The molecule has 1 heterocycles. The van der Waals surface area contributed by atoms with Crippen molar-refractivity contribution >= 4 is 17.4 Å². The number of carbonyl (C=O) groups excluding carboxylic acids is 1. The number of hydrazine groups is 1. The van der Waals surface area contributed by atoms with E-state index in [1.807, 2.05) is 17.7 Å². The molecule has 1 aromatic rings. The number of rotatable bonds is 3. The number of nitrogens with two attached hydrogens (primary N) is 1. The molecule has 6 heteroatoms. The minimum absolute atomic E-state index is 0.397. The summed E-state index contributed by atoms with van der Waals surface area (Å²) < 4.78 is 0. The van der Waals surface area contributed by atoms with Gasteiger partial charge < -0.3 is 5.32 Å². The number of thiazole rings is 1. The molecule has 0 radical (unpaired) electrons. The molecule has 0 unspecified atom stereocenters. The van der Waals surface area contributed by atoms with Crippen LogP contribution in [0.25, 0.3) is 0 Å². The van der Waals surface area contributed by atoms with E-state index in [1.54, 1.807) is 11.3 Å². The number of amides is 2. The van der Waals surface area contributed by atoms with Gasteiger partial charge in [-0.05, 0) is 6.42 Å². The number of aromatic nitrogens is 1.